The smallest absolute Gasteiger partial charge is 0.342 e. The number of rotatable bonds is 8. The number of nitrogens with zero attached hydrogens (tertiary/aromatic N) is 4. The van der Waals surface area contributed by atoms with E-state index in [1.165, 1.54) is 0 Å². The second-order valence-corrected chi connectivity index (χ2v) is 8.59. The van der Waals surface area contributed by atoms with Crippen LogP contribution in [0.4, 0.5) is 0 Å². The molecule has 4 rings (SSSR count). The van der Waals surface area contributed by atoms with Crippen LogP contribution < -0.4 is 5.32 Å². The standard InChI is InChI=1S/C26H26ClN5O3/c1-17-23(18(2)32(30-17)15-20-11-7-8-12-21(20)27)26(34)35-16-22(33)29-24(19-9-5-4-6-10-19)25-28-13-14-31(25)3/h4-14,24H,15-16H2,1-3H3,(H,29,33)/t24-/m1/s1. The van der Waals surface area contributed by atoms with Gasteiger partial charge in [0, 0.05) is 24.5 Å². The molecule has 8 nitrogen and oxygen atoms in total. The molecule has 0 saturated carbocycles. The molecule has 1 N–H and O–H groups in total. The Hall–Kier alpha value is -3.91. The van der Waals surface area contributed by atoms with Gasteiger partial charge in [-0.3, -0.25) is 9.48 Å². The van der Waals surface area contributed by atoms with Crippen molar-refractivity contribution in [2.75, 3.05) is 6.61 Å². The topological polar surface area (TPSA) is 91.0 Å². The Labute approximate surface area is 208 Å². The van der Waals surface area contributed by atoms with Gasteiger partial charge in [0.1, 0.15) is 17.4 Å². The van der Waals surface area contributed by atoms with E-state index in [-0.39, 0.29) is 0 Å². The van der Waals surface area contributed by atoms with Crippen molar-refractivity contribution in [1.29, 1.82) is 0 Å². The lowest BCUT2D eigenvalue weighted by Crippen LogP contribution is -2.34. The first-order valence-electron chi connectivity index (χ1n) is 11.1. The third-order valence-corrected chi connectivity index (χ3v) is 6.12. The summed E-state index contributed by atoms with van der Waals surface area (Å²) in [5.41, 5.74) is 3.26. The highest BCUT2D eigenvalue weighted by molar-refractivity contribution is 6.31. The zero-order chi connectivity index (χ0) is 24.9. The van der Waals surface area contributed by atoms with Crippen LogP contribution in [0, 0.1) is 13.8 Å². The number of imidazole rings is 1. The maximum absolute atomic E-state index is 12.9. The molecule has 0 fully saturated rings. The molecule has 0 unspecified atom stereocenters. The summed E-state index contributed by atoms with van der Waals surface area (Å²) < 4.78 is 8.91. The second kappa shape index (κ2) is 10.6. The van der Waals surface area contributed by atoms with Gasteiger partial charge < -0.3 is 14.6 Å². The number of carbonyl (C=O) groups is 2. The van der Waals surface area contributed by atoms with Crippen LogP contribution in [0.1, 0.15) is 44.7 Å². The van der Waals surface area contributed by atoms with Crippen molar-refractivity contribution in [1.82, 2.24) is 24.6 Å². The molecular formula is C26H26ClN5O3. The van der Waals surface area contributed by atoms with Gasteiger partial charge in [0.15, 0.2) is 6.61 Å². The minimum absolute atomic E-state index is 0.341. The minimum Gasteiger partial charge on any atom is -0.452 e. The van der Waals surface area contributed by atoms with Crippen molar-refractivity contribution in [2.45, 2.75) is 26.4 Å². The van der Waals surface area contributed by atoms with Gasteiger partial charge in [-0.05, 0) is 31.0 Å². The van der Waals surface area contributed by atoms with Crippen LogP contribution in [0.25, 0.3) is 0 Å². The van der Waals surface area contributed by atoms with Gasteiger partial charge in [-0.25, -0.2) is 9.78 Å². The van der Waals surface area contributed by atoms with Crippen LogP contribution >= 0.6 is 11.6 Å². The number of aromatic nitrogens is 4. The first-order chi connectivity index (χ1) is 16.8. The molecule has 0 bridgehead atoms. The van der Waals surface area contributed by atoms with Gasteiger partial charge in [-0.2, -0.15) is 5.10 Å². The van der Waals surface area contributed by atoms with E-state index >= 15 is 0 Å². The van der Waals surface area contributed by atoms with Crippen molar-refractivity contribution in [3.8, 4) is 0 Å². The monoisotopic (exact) mass is 491 g/mol. The third-order valence-electron chi connectivity index (χ3n) is 5.75. The SMILES string of the molecule is Cc1nn(Cc2ccccc2Cl)c(C)c1C(=O)OCC(=O)N[C@H](c1ccccc1)c1nccn1C. The lowest BCUT2D eigenvalue weighted by Gasteiger charge is -2.19. The molecule has 0 spiro atoms. The highest BCUT2D eigenvalue weighted by Gasteiger charge is 2.24. The molecule has 0 aliphatic heterocycles. The first-order valence-corrected chi connectivity index (χ1v) is 11.5. The predicted octanol–water partition coefficient (Wildman–Crippen LogP) is 4.00. The number of hydrogen-bond acceptors (Lipinski definition) is 5. The van der Waals surface area contributed by atoms with Crippen LogP contribution in [-0.2, 0) is 23.1 Å². The summed E-state index contributed by atoms with van der Waals surface area (Å²) in [4.78, 5) is 30.0. The Balaban J connectivity index is 1.44. The number of halogens is 1. The van der Waals surface area contributed by atoms with Gasteiger partial charge in [0.25, 0.3) is 5.91 Å². The Morgan fingerprint density at radius 1 is 1.09 bits per heavy atom. The molecule has 0 saturated heterocycles. The fourth-order valence-electron chi connectivity index (χ4n) is 3.94. The van der Waals surface area contributed by atoms with E-state index in [1.807, 2.05) is 72.4 Å². The van der Waals surface area contributed by atoms with Crippen LogP contribution in [0.15, 0.2) is 67.0 Å². The van der Waals surface area contributed by atoms with Crippen molar-refractivity contribution in [3.63, 3.8) is 0 Å². The number of hydrogen-bond donors (Lipinski definition) is 1. The molecule has 2 aromatic heterocycles. The molecular weight excluding hydrogens is 466 g/mol. The van der Waals surface area contributed by atoms with Gasteiger partial charge in [-0.1, -0.05) is 60.1 Å². The second-order valence-electron chi connectivity index (χ2n) is 8.18. The summed E-state index contributed by atoms with van der Waals surface area (Å²) in [5.74, 6) is -0.369. The molecule has 2 heterocycles. The normalized spacial score (nSPS) is 11.8. The van der Waals surface area contributed by atoms with Gasteiger partial charge in [0.2, 0.25) is 0 Å². The van der Waals surface area contributed by atoms with Crippen LogP contribution in [0.3, 0.4) is 0 Å². The van der Waals surface area contributed by atoms with Gasteiger partial charge >= 0.3 is 5.97 Å². The molecule has 1 atom stereocenters. The highest BCUT2D eigenvalue weighted by Crippen LogP contribution is 2.21. The average molecular weight is 492 g/mol. The van der Waals surface area contributed by atoms with Crippen molar-refractivity contribution < 1.29 is 14.3 Å². The summed E-state index contributed by atoms with van der Waals surface area (Å²) >= 11 is 6.27. The quantitative estimate of drug-likeness (QED) is 0.376. The van der Waals surface area contributed by atoms with Gasteiger partial charge in [0.05, 0.1) is 17.9 Å². The molecule has 180 valence electrons. The first kappa shape index (κ1) is 24.2. The Morgan fingerprint density at radius 2 is 1.80 bits per heavy atom. The maximum Gasteiger partial charge on any atom is 0.342 e. The number of benzene rings is 2. The average Bonchev–Trinajstić information content (AvgIpc) is 3.39. The van der Waals surface area contributed by atoms with E-state index in [0.717, 1.165) is 11.1 Å². The zero-order valence-corrected chi connectivity index (χ0v) is 20.5. The molecule has 9 heteroatoms. The summed E-state index contributed by atoms with van der Waals surface area (Å²) in [7, 11) is 1.86. The number of aryl methyl sites for hydroxylation is 2. The van der Waals surface area contributed by atoms with E-state index in [4.69, 9.17) is 16.3 Å². The molecule has 2 aromatic carbocycles. The van der Waals surface area contributed by atoms with Crippen molar-refractivity contribution >= 4 is 23.5 Å². The summed E-state index contributed by atoms with van der Waals surface area (Å²) in [6.07, 6.45) is 3.48. The minimum atomic E-state index is -0.603. The Kier molecular flexibility index (Phi) is 7.31. The van der Waals surface area contributed by atoms with Crippen molar-refractivity contribution in [3.05, 3.63) is 106 Å². The number of esters is 1. The van der Waals surface area contributed by atoms with E-state index in [2.05, 4.69) is 15.4 Å². The largest absolute Gasteiger partial charge is 0.452 e. The Morgan fingerprint density at radius 3 is 2.49 bits per heavy atom. The fourth-order valence-corrected chi connectivity index (χ4v) is 4.13. The number of amides is 1. The number of carbonyl (C=O) groups excluding carboxylic acids is 2. The maximum atomic E-state index is 12.9. The van der Waals surface area contributed by atoms with E-state index < -0.39 is 24.5 Å². The third kappa shape index (κ3) is 5.44. The van der Waals surface area contributed by atoms with Crippen molar-refractivity contribution in [2.24, 2.45) is 7.05 Å². The van der Waals surface area contributed by atoms with E-state index in [9.17, 15) is 9.59 Å². The zero-order valence-electron chi connectivity index (χ0n) is 19.7. The lowest BCUT2D eigenvalue weighted by atomic mass is 10.1. The van der Waals surface area contributed by atoms with Crippen LogP contribution in [0.5, 0.6) is 0 Å². The molecule has 35 heavy (non-hydrogen) atoms. The fraction of sp³-hybridized carbons (Fsp3) is 0.231. The number of nitrogens with one attached hydrogen (secondary N) is 1. The summed E-state index contributed by atoms with van der Waals surface area (Å²) in [6.45, 7) is 3.52. The van der Waals surface area contributed by atoms with Crippen LogP contribution in [-0.4, -0.2) is 37.8 Å². The van der Waals surface area contributed by atoms with Gasteiger partial charge in [-0.15, -0.1) is 0 Å². The molecule has 1 amide bonds. The Bertz CT molecular complexity index is 1350. The highest BCUT2D eigenvalue weighted by atomic mass is 35.5. The van der Waals surface area contributed by atoms with E-state index in [0.29, 0.717) is 34.3 Å². The molecule has 0 aliphatic carbocycles. The molecule has 0 radical (unpaired) electrons. The van der Waals surface area contributed by atoms with Crippen LogP contribution in [0.2, 0.25) is 5.02 Å². The predicted molar refractivity (Wildman–Crippen MR) is 132 cm³/mol. The summed E-state index contributed by atoms with van der Waals surface area (Å²) in [5, 5.41) is 8.02. The van der Waals surface area contributed by atoms with E-state index in [1.54, 1.807) is 24.7 Å². The molecule has 4 aromatic rings. The molecule has 0 aliphatic rings. The summed E-state index contributed by atoms with van der Waals surface area (Å²) in [6, 6.07) is 16.5. The lowest BCUT2D eigenvalue weighted by molar-refractivity contribution is -0.124. The number of ether oxygens (including phenoxy) is 1.